The van der Waals surface area contributed by atoms with Crippen molar-refractivity contribution >= 4 is 41.0 Å². The predicted molar refractivity (Wildman–Crippen MR) is 134 cm³/mol. The van der Waals surface area contributed by atoms with Crippen LogP contribution in [-0.2, 0) is 14.4 Å². The van der Waals surface area contributed by atoms with Gasteiger partial charge in [-0.05, 0) is 55.2 Å². The van der Waals surface area contributed by atoms with E-state index in [0.29, 0.717) is 10.6 Å². The van der Waals surface area contributed by atoms with Crippen molar-refractivity contribution in [2.24, 2.45) is 11.8 Å². The Morgan fingerprint density at radius 1 is 0.973 bits per heavy atom. The Morgan fingerprint density at radius 2 is 1.68 bits per heavy atom. The molecule has 2 aromatic carbocycles. The van der Waals surface area contributed by atoms with E-state index < -0.39 is 41.2 Å². The van der Waals surface area contributed by atoms with Gasteiger partial charge in [-0.1, -0.05) is 56.0 Å². The first-order valence-electron chi connectivity index (χ1n) is 12.9. The van der Waals surface area contributed by atoms with Gasteiger partial charge >= 0.3 is 6.03 Å². The summed E-state index contributed by atoms with van der Waals surface area (Å²) < 4.78 is 14.1. The predicted octanol–water partition coefficient (Wildman–Crippen LogP) is 5.09. The fraction of sp³-hybridized carbons (Fsp3) is 0.429. The lowest BCUT2D eigenvalue weighted by molar-refractivity contribution is -0.147. The van der Waals surface area contributed by atoms with Gasteiger partial charge in [0, 0.05) is 11.1 Å². The number of anilines is 1. The Morgan fingerprint density at radius 3 is 2.32 bits per heavy atom. The first-order valence-corrected chi connectivity index (χ1v) is 13.2. The van der Waals surface area contributed by atoms with E-state index in [1.54, 1.807) is 31.2 Å². The van der Waals surface area contributed by atoms with E-state index in [4.69, 9.17) is 11.6 Å². The van der Waals surface area contributed by atoms with E-state index in [-0.39, 0.29) is 30.0 Å². The first kappa shape index (κ1) is 24.1. The third-order valence-electron chi connectivity index (χ3n) is 8.68. The van der Waals surface area contributed by atoms with Crippen molar-refractivity contribution in [1.82, 2.24) is 9.80 Å². The van der Waals surface area contributed by atoms with Crippen LogP contribution in [0.15, 0.2) is 48.5 Å². The van der Waals surface area contributed by atoms with Gasteiger partial charge in [-0.15, -0.1) is 0 Å². The smallest absolute Gasteiger partial charge is 0.300 e. The Bertz CT molecular complexity index is 1310. The summed E-state index contributed by atoms with van der Waals surface area (Å²) in [5.41, 5.74) is -0.817. The van der Waals surface area contributed by atoms with Crippen LogP contribution in [0, 0.1) is 17.7 Å². The summed E-state index contributed by atoms with van der Waals surface area (Å²) in [6.45, 7) is 1.76. The normalized spacial score (nSPS) is 29.9. The number of imide groups is 2. The number of hydrogen-bond acceptors (Lipinski definition) is 4. The summed E-state index contributed by atoms with van der Waals surface area (Å²) in [5, 5.41) is 0.489. The van der Waals surface area contributed by atoms with Crippen molar-refractivity contribution in [3.8, 4) is 0 Å². The molecule has 4 atom stereocenters. The summed E-state index contributed by atoms with van der Waals surface area (Å²) >= 11 is 6.13. The average Bonchev–Trinajstić information content (AvgIpc) is 3.43. The molecule has 5 amide bonds. The zero-order valence-corrected chi connectivity index (χ0v) is 21.2. The number of amides is 5. The van der Waals surface area contributed by atoms with Crippen LogP contribution in [-0.4, -0.2) is 45.1 Å². The number of carbonyl (C=O) groups is 4. The third kappa shape index (κ3) is 3.24. The lowest BCUT2D eigenvalue weighted by Gasteiger charge is -2.37. The Balaban J connectivity index is 1.53. The molecule has 3 saturated heterocycles. The second kappa shape index (κ2) is 8.65. The van der Waals surface area contributed by atoms with Crippen LogP contribution in [0.25, 0.3) is 0 Å². The fourth-order valence-corrected chi connectivity index (χ4v) is 7.23. The SMILES string of the molecule is CC[C@@]12C(=O)N(c3cccc(F)c3)C(=O)N1[C@H](c1ccc(Cl)cc1)[C@@H]1C(=O)N(C3CCCCC3)C(=O)[C@@H]12. The van der Waals surface area contributed by atoms with Crippen LogP contribution in [0.5, 0.6) is 0 Å². The highest BCUT2D eigenvalue weighted by molar-refractivity contribution is 6.30. The molecule has 6 rings (SSSR count). The number of urea groups is 1. The number of halogens is 2. The van der Waals surface area contributed by atoms with E-state index >= 15 is 0 Å². The van der Waals surface area contributed by atoms with E-state index in [9.17, 15) is 23.6 Å². The molecule has 9 heteroatoms. The molecule has 37 heavy (non-hydrogen) atoms. The van der Waals surface area contributed by atoms with Gasteiger partial charge in [-0.25, -0.2) is 14.1 Å². The first-order chi connectivity index (χ1) is 17.8. The molecule has 3 heterocycles. The van der Waals surface area contributed by atoms with Gasteiger partial charge in [0.15, 0.2) is 0 Å². The van der Waals surface area contributed by atoms with Gasteiger partial charge in [0.1, 0.15) is 11.4 Å². The molecule has 0 spiro atoms. The zero-order valence-electron chi connectivity index (χ0n) is 20.4. The van der Waals surface area contributed by atoms with Gasteiger partial charge in [-0.3, -0.25) is 19.3 Å². The minimum absolute atomic E-state index is 0.101. The van der Waals surface area contributed by atoms with Crippen molar-refractivity contribution in [2.75, 3.05) is 4.90 Å². The summed E-state index contributed by atoms with van der Waals surface area (Å²) in [5.74, 6) is -3.77. The Labute approximate surface area is 219 Å². The van der Waals surface area contributed by atoms with Crippen LogP contribution in [0.4, 0.5) is 14.9 Å². The monoisotopic (exact) mass is 523 g/mol. The molecule has 0 N–H and O–H groups in total. The number of hydrogen-bond donors (Lipinski definition) is 0. The number of fused-ring (bicyclic) bond motifs is 3. The standard InChI is InChI=1S/C28H27ClFN3O4/c1-2-28-22-21(24(34)31(25(22)35)19-8-4-3-5-9-19)23(16-11-13-17(29)14-12-16)33(28)27(37)32(26(28)36)20-10-6-7-18(30)15-20/h6-7,10-15,19,21-23H,2-5,8-9H2,1H3/t21-,22-,23-,28-/m1/s1. The zero-order chi connectivity index (χ0) is 26.1. The maximum absolute atomic E-state index is 14.2. The van der Waals surface area contributed by atoms with Gasteiger partial charge in [0.2, 0.25) is 11.8 Å². The highest BCUT2D eigenvalue weighted by Gasteiger charge is 2.77. The van der Waals surface area contributed by atoms with Crippen molar-refractivity contribution in [3.63, 3.8) is 0 Å². The minimum Gasteiger partial charge on any atom is -0.300 e. The molecule has 2 aromatic rings. The van der Waals surface area contributed by atoms with E-state index in [0.717, 1.165) is 43.1 Å². The van der Waals surface area contributed by atoms with Crippen molar-refractivity contribution in [2.45, 2.75) is 63.1 Å². The summed E-state index contributed by atoms with van der Waals surface area (Å²) in [7, 11) is 0. The van der Waals surface area contributed by atoms with Gasteiger partial charge in [0.25, 0.3) is 5.91 Å². The molecule has 7 nitrogen and oxygen atoms in total. The highest BCUT2D eigenvalue weighted by atomic mass is 35.5. The largest absolute Gasteiger partial charge is 0.332 e. The second-order valence-corrected chi connectivity index (χ2v) is 10.8. The molecule has 0 aromatic heterocycles. The number of rotatable bonds is 4. The molecule has 0 radical (unpaired) electrons. The third-order valence-corrected chi connectivity index (χ3v) is 8.93. The van der Waals surface area contributed by atoms with Crippen LogP contribution in [0.1, 0.15) is 57.1 Å². The maximum Gasteiger partial charge on any atom is 0.332 e. The maximum atomic E-state index is 14.2. The van der Waals surface area contributed by atoms with Crippen molar-refractivity contribution in [3.05, 3.63) is 64.9 Å². The van der Waals surface area contributed by atoms with Crippen molar-refractivity contribution in [1.29, 1.82) is 0 Å². The van der Waals surface area contributed by atoms with Gasteiger partial charge in [0.05, 0.1) is 23.6 Å². The van der Waals surface area contributed by atoms with Gasteiger partial charge in [-0.2, -0.15) is 0 Å². The number of nitrogens with zero attached hydrogens (tertiary/aromatic N) is 3. The Kier molecular flexibility index (Phi) is 5.64. The fourth-order valence-electron chi connectivity index (χ4n) is 7.11. The van der Waals surface area contributed by atoms with E-state index in [1.165, 1.54) is 28.0 Å². The van der Waals surface area contributed by atoms with E-state index in [2.05, 4.69) is 0 Å². The Hall–Kier alpha value is -3.26. The number of likely N-dealkylation sites (tertiary alicyclic amines) is 1. The summed E-state index contributed by atoms with van der Waals surface area (Å²) in [6.07, 6.45) is 4.57. The highest BCUT2D eigenvalue weighted by Crippen LogP contribution is 2.60. The van der Waals surface area contributed by atoms with Gasteiger partial charge < -0.3 is 4.90 Å². The van der Waals surface area contributed by atoms with Crippen LogP contribution >= 0.6 is 11.6 Å². The molecule has 1 aliphatic carbocycles. The number of benzene rings is 2. The van der Waals surface area contributed by atoms with E-state index in [1.807, 2.05) is 0 Å². The topological polar surface area (TPSA) is 78.0 Å². The quantitative estimate of drug-likeness (QED) is 0.413. The molecule has 4 fully saturated rings. The molecule has 0 bridgehead atoms. The minimum atomic E-state index is -1.55. The van der Waals surface area contributed by atoms with Crippen LogP contribution in [0.3, 0.4) is 0 Å². The van der Waals surface area contributed by atoms with Crippen LogP contribution in [0.2, 0.25) is 5.02 Å². The lowest BCUT2D eigenvalue weighted by Crippen LogP contribution is -2.54. The summed E-state index contributed by atoms with van der Waals surface area (Å²) in [6, 6.07) is 10.4. The summed E-state index contributed by atoms with van der Waals surface area (Å²) in [4.78, 5) is 60.1. The molecule has 1 saturated carbocycles. The molecular weight excluding hydrogens is 497 g/mol. The average molecular weight is 524 g/mol. The molecule has 4 aliphatic rings. The second-order valence-electron chi connectivity index (χ2n) is 10.4. The molecule has 192 valence electrons. The number of carbonyl (C=O) groups excluding carboxylic acids is 4. The van der Waals surface area contributed by atoms with Crippen LogP contribution < -0.4 is 4.90 Å². The molecular formula is C28H27ClFN3O4. The molecule has 0 unspecified atom stereocenters. The van der Waals surface area contributed by atoms with Crippen molar-refractivity contribution < 1.29 is 23.6 Å². The molecule has 3 aliphatic heterocycles. The lowest BCUT2D eigenvalue weighted by atomic mass is 9.77.